The van der Waals surface area contributed by atoms with Crippen molar-refractivity contribution in [2.45, 2.75) is 125 Å². The first-order chi connectivity index (χ1) is 17.6. The zero-order chi connectivity index (χ0) is 28.1. The van der Waals surface area contributed by atoms with E-state index < -0.39 is 29.0 Å². The van der Waals surface area contributed by atoms with Crippen molar-refractivity contribution in [2.24, 2.45) is 50.7 Å². The summed E-state index contributed by atoms with van der Waals surface area (Å²) in [6.07, 6.45) is 7.42. The standard InChI is InChI=1S/C32H50O6/c1-18(2)9-8-12-31(27(36)37)17-32(31)24-15-23(35)26-28(5)13-11-22(34)19(3)21(28)10-14-29(26,6)30(24,7)16-25(32)38-20(4)33/h9,19,21-26,34-35H,8,10-17H2,1-7H3,(H,36,37)/t19-,21-,22+,23+,24+,25-,26?,28-,29-,30-,31+,32+/m0/s1. The van der Waals surface area contributed by atoms with Crippen LogP contribution in [-0.4, -0.2) is 45.6 Å². The van der Waals surface area contributed by atoms with Crippen LogP contribution in [0.25, 0.3) is 0 Å². The van der Waals surface area contributed by atoms with Gasteiger partial charge >= 0.3 is 11.9 Å². The monoisotopic (exact) mass is 530 g/mol. The van der Waals surface area contributed by atoms with Gasteiger partial charge in [-0.2, -0.15) is 0 Å². The Labute approximate surface area is 228 Å². The van der Waals surface area contributed by atoms with Crippen molar-refractivity contribution in [1.29, 1.82) is 0 Å². The maximum absolute atomic E-state index is 13.0. The molecule has 6 nitrogen and oxygen atoms in total. The number of aliphatic carboxylic acids is 1. The van der Waals surface area contributed by atoms with Crippen LogP contribution in [0.4, 0.5) is 0 Å². The SMILES string of the molecule is CC(=O)O[C@H]1C[C@@]2(C)[C@@H](C[C@@H](O)C3[C@]2(C)CC[C@H]2[C@H](C)[C@H](O)CC[C@]32C)[C@]12C[C@]2(CCC=C(C)C)C(=O)O. The van der Waals surface area contributed by atoms with E-state index in [-0.39, 0.29) is 46.1 Å². The first kappa shape index (κ1) is 28.1. The molecule has 5 fully saturated rings. The third kappa shape index (κ3) is 3.44. The van der Waals surface area contributed by atoms with Crippen LogP contribution < -0.4 is 0 Å². The van der Waals surface area contributed by atoms with Gasteiger partial charge in [0.2, 0.25) is 0 Å². The number of ether oxygens (including phenoxy) is 1. The summed E-state index contributed by atoms with van der Waals surface area (Å²) in [5.41, 5.74) is -0.946. The third-order valence-corrected chi connectivity index (χ3v) is 13.4. The summed E-state index contributed by atoms with van der Waals surface area (Å²) in [5.74, 6) is -0.514. The van der Waals surface area contributed by atoms with Crippen molar-refractivity contribution < 1.29 is 29.6 Å². The first-order valence-electron chi connectivity index (χ1n) is 15.0. The summed E-state index contributed by atoms with van der Waals surface area (Å²) in [7, 11) is 0. The van der Waals surface area contributed by atoms with E-state index in [0.29, 0.717) is 38.0 Å². The highest BCUT2D eigenvalue weighted by atomic mass is 16.5. The van der Waals surface area contributed by atoms with E-state index in [2.05, 4.69) is 33.8 Å². The molecule has 214 valence electrons. The number of carboxylic acids is 1. The van der Waals surface area contributed by atoms with Crippen molar-refractivity contribution in [2.75, 3.05) is 0 Å². The first-order valence-corrected chi connectivity index (χ1v) is 15.0. The molecule has 5 aliphatic rings. The molecular formula is C32H50O6. The molecule has 38 heavy (non-hydrogen) atoms. The number of esters is 1. The Morgan fingerprint density at radius 2 is 1.68 bits per heavy atom. The minimum Gasteiger partial charge on any atom is -0.481 e. The van der Waals surface area contributed by atoms with E-state index in [9.17, 15) is 24.9 Å². The van der Waals surface area contributed by atoms with Gasteiger partial charge in [-0.25, -0.2) is 0 Å². The fraction of sp³-hybridized carbons (Fsp3) is 0.875. The maximum atomic E-state index is 13.0. The number of hydrogen-bond acceptors (Lipinski definition) is 5. The van der Waals surface area contributed by atoms with E-state index in [4.69, 9.17) is 4.74 Å². The van der Waals surface area contributed by atoms with Gasteiger partial charge in [-0.1, -0.05) is 39.3 Å². The van der Waals surface area contributed by atoms with Gasteiger partial charge in [0.25, 0.3) is 0 Å². The van der Waals surface area contributed by atoms with Crippen LogP contribution in [0.3, 0.4) is 0 Å². The molecule has 5 saturated carbocycles. The molecule has 0 bridgehead atoms. The molecule has 0 heterocycles. The second-order valence-corrected chi connectivity index (χ2v) is 15.0. The average molecular weight is 531 g/mol. The normalized spacial score (nSPS) is 52.9. The van der Waals surface area contributed by atoms with Crippen molar-refractivity contribution in [1.82, 2.24) is 0 Å². The molecule has 0 aromatic carbocycles. The second kappa shape index (κ2) is 8.80. The lowest BCUT2D eigenvalue weighted by Crippen LogP contribution is -2.66. The third-order valence-electron chi connectivity index (χ3n) is 13.4. The molecule has 5 aliphatic carbocycles. The summed E-state index contributed by atoms with van der Waals surface area (Å²) < 4.78 is 6.07. The second-order valence-electron chi connectivity index (χ2n) is 15.0. The van der Waals surface area contributed by atoms with Crippen molar-refractivity contribution in [3.05, 3.63) is 11.6 Å². The highest BCUT2D eigenvalue weighted by Crippen LogP contribution is 2.85. The predicted molar refractivity (Wildman–Crippen MR) is 145 cm³/mol. The van der Waals surface area contributed by atoms with Crippen LogP contribution in [0.1, 0.15) is 106 Å². The van der Waals surface area contributed by atoms with Crippen molar-refractivity contribution in [3.63, 3.8) is 0 Å². The molecule has 6 heteroatoms. The minimum absolute atomic E-state index is 0.0230. The molecule has 0 amide bonds. The molecule has 5 rings (SSSR count). The molecule has 12 atom stereocenters. The average Bonchev–Trinajstić information content (AvgIpc) is 3.42. The number of aliphatic hydroxyl groups is 2. The van der Waals surface area contributed by atoms with E-state index in [0.717, 1.165) is 25.7 Å². The summed E-state index contributed by atoms with van der Waals surface area (Å²) in [6.45, 7) is 14.7. The van der Waals surface area contributed by atoms with E-state index >= 15 is 0 Å². The summed E-state index contributed by atoms with van der Waals surface area (Å²) in [5, 5.41) is 33.4. The number of carbonyl (C=O) groups is 2. The molecule has 1 spiro atoms. The minimum atomic E-state index is -0.936. The van der Waals surface area contributed by atoms with Gasteiger partial charge in [0.05, 0.1) is 17.6 Å². The fourth-order valence-corrected chi connectivity index (χ4v) is 11.6. The number of rotatable bonds is 5. The number of aliphatic hydroxyl groups excluding tert-OH is 2. The summed E-state index contributed by atoms with van der Waals surface area (Å²) in [6, 6.07) is 0. The zero-order valence-electron chi connectivity index (χ0n) is 24.5. The Hall–Kier alpha value is -1.40. The fourth-order valence-electron chi connectivity index (χ4n) is 11.6. The molecule has 0 saturated heterocycles. The van der Waals surface area contributed by atoms with Gasteiger partial charge in [-0.3, -0.25) is 9.59 Å². The van der Waals surface area contributed by atoms with Crippen LogP contribution in [0.2, 0.25) is 0 Å². The molecule has 3 N–H and O–H groups in total. The lowest BCUT2D eigenvalue weighted by Gasteiger charge is -2.69. The van der Waals surface area contributed by atoms with Crippen LogP contribution in [-0.2, 0) is 14.3 Å². The van der Waals surface area contributed by atoms with Gasteiger partial charge in [-0.15, -0.1) is 0 Å². The van der Waals surface area contributed by atoms with E-state index in [1.807, 2.05) is 13.8 Å². The summed E-state index contributed by atoms with van der Waals surface area (Å²) >= 11 is 0. The highest BCUT2D eigenvalue weighted by Gasteiger charge is 2.86. The van der Waals surface area contributed by atoms with Crippen LogP contribution in [0.15, 0.2) is 11.6 Å². The summed E-state index contributed by atoms with van der Waals surface area (Å²) in [4.78, 5) is 25.4. The van der Waals surface area contributed by atoms with Gasteiger partial charge in [0.15, 0.2) is 0 Å². The number of hydrogen-bond donors (Lipinski definition) is 3. The van der Waals surface area contributed by atoms with Gasteiger partial charge in [0, 0.05) is 12.3 Å². The van der Waals surface area contributed by atoms with Gasteiger partial charge in [-0.05, 0) is 112 Å². The Morgan fingerprint density at radius 3 is 2.29 bits per heavy atom. The largest absolute Gasteiger partial charge is 0.481 e. The molecule has 0 radical (unpaired) electrons. The van der Waals surface area contributed by atoms with Crippen molar-refractivity contribution >= 4 is 11.9 Å². The van der Waals surface area contributed by atoms with E-state index in [1.54, 1.807) is 0 Å². The molecule has 0 aromatic heterocycles. The van der Waals surface area contributed by atoms with Gasteiger partial charge in [0.1, 0.15) is 6.10 Å². The zero-order valence-corrected chi connectivity index (χ0v) is 24.5. The number of carbonyl (C=O) groups excluding carboxylic acids is 1. The Bertz CT molecular complexity index is 1030. The molecular weight excluding hydrogens is 480 g/mol. The van der Waals surface area contributed by atoms with Crippen LogP contribution >= 0.6 is 0 Å². The number of allylic oxidation sites excluding steroid dienone is 2. The quantitative estimate of drug-likeness (QED) is 0.309. The van der Waals surface area contributed by atoms with Crippen molar-refractivity contribution in [3.8, 4) is 0 Å². The Kier molecular flexibility index (Phi) is 6.52. The lowest BCUT2D eigenvalue weighted by atomic mass is 9.36. The Morgan fingerprint density at radius 1 is 1.00 bits per heavy atom. The van der Waals surface area contributed by atoms with Crippen LogP contribution in [0.5, 0.6) is 0 Å². The van der Waals surface area contributed by atoms with Crippen LogP contribution in [0, 0.1) is 50.7 Å². The molecule has 0 aromatic rings. The highest BCUT2D eigenvalue weighted by molar-refractivity contribution is 5.81. The maximum Gasteiger partial charge on any atom is 0.310 e. The number of carboxylic acid groups (broad SMARTS) is 1. The Balaban J connectivity index is 1.59. The smallest absolute Gasteiger partial charge is 0.310 e. The number of fused-ring (bicyclic) bond motifs is 6. The van der Waals surface area contributed by atoms with E-state index in [1.165, 1.54) is 12.5 Å². The van der Waals surface area contributed by atoms with Gasteiger partial charge < -0.3 is 20.1 Å². The topological polar surface area (TPSA) is 104 Å². The molecule has 1 unspecified atom stereocenters. The lowest BCUT2D eigenvalue weighted by molar-refractivity contribution is -0.241. The molecule has 0 aliphatic heterocycles. The predicted octanol–water partition coefficient (Wildman–Crippen LogP) is 5.75.